The van der Waals surface area contributed by atoms with Gasteiger partial charge in [0.25, 0.3) is 0 Å². The van der Waals surface area contributed by atoms with Crippen molar-refractivity contribution in [1.29, 1.82) is 0 Å². The highest BCUT2D eigenvalue weighted by atomic mass is 16.5. The van der Waals surface area contributed by atoms with E-state index < -0.39 is 0 Å². The molecule has 2 aromatic carbocycles. The average molecular weight is 254 g/mol. The third-order valence-electron chi connectivity index (χ3n) is 3.24. The van der Waals surface area contributed by atoms with E-state index in [9.17, 15) is 0 Å². The Morgan fingerprint density at radius 1 is 1.05 bits per heavy atom. The topological polar surface area (TPSA) is 33.3 Å². The van der Waals surface area contributed by atoms with Crippen LogP contribution in [0.3, 0.4) is 0 Å². The lowest BCUT2D eigenvalue weighted by atomic mass is 10.2. The summed E-state index contributed by atoms with van der Waals surface area (Å²) in [6, 6.07) is 18.5. The lowest BCUT2D eigenvalue weighted by Crippen LogP contribution is -2.39. The van der Waals surface area contributed by atoms with Crippen molar-refractivity contribution in [3.8, 4) is 5.75 Å². The number of benzene rings is 2. The third-order valence-corrected chi connectivity index (χ3v) is 3.24. The van der Waals surface area contributed by atoms with Crippen LogP contribution < -0.4 is 15.4 Å². The lowest BCUT2D eigenvalue weighted by molar-refractivity contribution is 0.201. The maximum Gasteiger partial charge on any atom is 0.142 e. The predicted molar refractivity (Wildman–Crippen MR) is 77.5 cm³/mol. The second-order valence-corrected chi connectivity index (χ2v) is 4.73. The van der Waals surface area contributed by atoms with Gasteiger partial charge in [0.05, 0.1) is 12.2 Å². The van der Waals surface area contributed by atoms with Gasteiger partial charge in [-0.05, 0) is 17.7 Å². The zero-order chi connectivity index (χ0) is 12.9. The molecule has 3 nitrogen and oxygen atoms in total. The van der Waals surface area contributed by atoms with E-state index in [-0.39, 0.29) is 6.10 Å². The molecule has 0 amide bonds. The summed E-state index contributed by atoms with van der Waals surface area (Å²) in [5.74, 6) is 0.945. The van der Waals surface area contributed by atoms with Gasteiger partial charge in [-0.15, -0.1) is 0 Å². The largest absolute Gasteiger partial charge is 0.485 e. The van der Waals surface area contributed by atoms with Gasteiger partial charge in [0, 0.05) is 13.1 Å². The number of anilines is 1. The molecule has 3 rings (SSSR count). The van der Waals surface area contributed by atoms with Crippen molar-refractivity contribution in [1.82, 2.24) is 5.32 Å². The fourth-order valence-corrected chi connectivity index (χ4v) is 2.25. The lowest BCUT2D eigenvalue weighted by Gasteiger charge is -2.27. The van der Waals surface area contributed by atoms with Crippen LogP contribution in [0, 0.1) is 0 Å². The first-order valence-electron chi connectivity index (χ1n) is 6.66. The van der Waals surface area contributed by atoms with Gasteiger partial charge in [0.2, 0.25) is 0 Å². The van der Waals surface area contributed by atoms with E-state index in [2.05, 4.69) is 34.9 Å². The summed E-state index contributed by atoms with van der Waals surface area (Å²) in [5.41, 5.74) is 2.38. The second kappa shape index (κ2) is 5.76. The number of nitrogens with one attached hydrogen (secondary N) is 2. The van der Waals surface area contributed by atoms with E-state index in [1.54, 1.807) is 0 Å². The summed E-state index contributed by atoms with van der Waals surface area (Å²) < 4.78 is 5.94. The molecule has 0 aliphatic carbocycles. The normalized spacial score (nSPS) is 17.2. The van der Waals surface area contributed by atoms with Crippen LogP contribution in [0.5, 0.6) is 5.75 Å². The summed E-state index contributed by atoms with van der Waals surface area (Å²) in [5, 5.41) is 6.83. The molecule has 0 saturated heterocycles. The number of fused-ring (bicyclic) bond motifs is 1. The van der Waals surface area contributed by atoms with Gasteiger partial charge in [0.15, 0.2) is 0 Å². The smallest absolute Gasteiger partial charge is 0.142 e. The number of hydrogen-bond acceptors (Lipinski definition) is 3. The van der Waals surface area contributed by atoms with Crippen LogP contribution in [0.1, 0.15) is 5.56 Å². The highest BCUT2D eigenvalue weighted by Gasteiger charge is 2.17. The summed E-state index contributed by atoms with van der Waals surface area (Å²) in [6.07, 6.45) is 0.179. The highest BCUT2D eigenvalue weighted by molar-refractivity contribution is 5.57. The van der Waals surface area contributed by atoms with Crippen molar-refractivity contribution < 1.29 is 4.74 Å². The van der Waals surface area contributed by atoms with Crippen LogP contribution >= 0.6 is 0 Å². The summed E-state index contributed by atoms with van der Waals surface area (Å²) in [7, 11) is 0. The van der Waals surface area contributed by atoms with Crippen molar-refractivity contribution >= 4 is 5.69 Å². The number of para-hydroxylation sites is 2. The molecule has 0 bridgehead atoms. The van der Waals surface area contributed by atoms with Crippen molar-refractivity contribution in [3.63, 3.8) is 0 Å². The number of hydrogen-bond donors (Lipinski definition) is 2. The first kappa shape index (κ1) is 12.1. The first-order valence-corrected chi connectivity index (χ1v) is 6.66. The van der Waals surface area contributed by atoms with Gasteiger partial charge < -0.3 is 15.4 Å². The molecule has 0 saturated carbocycles. The van der Waals surface area contributed by atoms with Crippen molar-refractivity contribution in [2.45, 2.75) is 12.6 Å². The standard InChI is InChI=1S/C16H18N2O/c1-2-6-13(7-3-1)10-17-11-14-12-18-15-8-4-5-9-16(15)19-14/h1-9,14,17-18H,10-12H2. The Morgan fingerprint density at radius 3 is 2.74 bits per heavy atom. The minimum Gasteiger partial charge on any atom is -0.485 e. The van der Waals surface area contributed by atoms with E-state index in [4.69, 9.17) is 4.74 Å². The Hall–Kier alpha value is -2.00. The van der Waals surface area contributed by atoms with Crippen molar-refractivity contribution in [2.75, 3.05) is 18.4 Å². The van der Waals surface area contributed by atoms with Crippen LogP contribution in [0.15, 0.2) is 54.6 Å². The molecule has 19 heavy (non-hydrogen) atoms. The molecule has 0 radical (unpaired) electrons. The van der Waals surface area contributed by atoms with Crippen molar-refractivity contribution in [2.24, 2.45) is 0 Å². The predicted octanol–water partition coefficient (Wildman–Crippen LogP) is 2.65. The Balaban J connectivity index is 1.50. The van der Waals surface area contributed by atoms with E-state index in [0.717, 1.165) is 31.1 Å². The van der Waals surface area contributed by atoms with Crippen LogP contribution in [-0.2, 0) is 6.54 Å². The van der Waals surface area contributed by atoms with E-state index in [1.807, 2.05) is 30.3 Å². The summed E-state index contributed by atoms with van der Waals surface area (Å²) >= 11 is 0. The monoisotopic (exact) mass is 254 g/mol. The quantitative estimate of drug-likeness (QED) is 0.880. The van der Waals surface area contributed by atoms with Gasteiger partial charge in [-0.3, -0.25) is 0 Å². The van der Waals surface area contributed by atoms with Crippen molar-refractivity contribution in [3.05, 3.63) is 60.2 Å². The number of ether oxygens (including phenoxy) is 1. The fraction of sp³-hybridized carbons (Fsp3) is 0.250. The summed E-state index contributed by atoms with van der Waals surface area (Å²) in [4.78, 5) is 0. The van der Waals surface area contributed by atoms with Crippen LogP contribution in [-0.4, -0.2) is 19.2 Å². The molecule has 1 heterocycles. The van der Waals surface area contributed by atoms with Crippen LogP contribution in [0.2, 0.25) is 0 Å². The van der Waals surface area contributed by atoms with Crippen LogP contribution in [0.4, 0.5) is 5.69 Å². The minimum atomic E-state index is 0.179. The molecule has 98 valence electrons. The van der Waals surface area contributed by atoms with Gasteiger partial charge in [-0.2, -0.15) is 0 Å². The molecule has 1 atom stereocenters. The van der Waals surface area contributed by atoms with Gasteiger partial charge in [-0.25, -0.2) is 0 Å². The zero-order valence-electron chi connectivity index (χ0n) is 10.8. The Morgan fingerprint density at radius 2 is 1.84 bits per heavy atom. The summed E-state index contributed by atoms with van der Waals surface area (Å²) in [6.45, 7) is 2.57. The zero-order valence-corrected chi connectivity index (χ0v) is 10.8. The SMILES string of the molecule is c1ccc(CNCC2CNc3ccccc3O2)cc1. The Bertz CT molecular complexity index is 527. The van der Waals surface area contributed by atoms with E-state index in [0.29, 0.717) is 0 Å². The molecular formula is C16H18N2O. The van der Waals surface area contributed by atoms with E-state index >= 15 is 0 Å². The number of rotatable bonds is 4. The highest BCUT2D eigenvalue weighted by Crippen LogP contribution is 2.27. The molecule has 2 aromatic rings. The molecule has 0 spiro atoms. The second-order valence-electron chi connectivity index (χ2n) is 4.73. The van der Waals surface area contributed by atoms with Gasteiger partial charge in [0.1, 0.15) is 11.9 Å². The van der Waals surface area contributed by atoms with Crippen LogP contribution in [0.25, 0.3) is 0 Å². The van der Waals surface area contributed by atoms with Gasteiger partial charge in [-0.1, -0.05) is 42.5 Å². The first-order chi connectivity index (χ1) is 9.42. The third kappa shape index (κ3) is 3.06. The Labute approximate surface area is 113 Å². The molecule has 1 aliphatic rings. The Kier molecular flexibility index (Phi) is 3.65. The minimum absolute atomic E-state index is 0.179. The molecular weight excluding hydrogens is 236 g/mol. The molecule has 2 N–H and O–H groups in total. The average Bonchev–Trinajstić information content (AvgIpc) is 2.48. The fourth-order valence-electron chi connectivity index (χ4n) is 2.25. The van der Waals surface area contributed by atoms with E-state index in [1.165, 1.54) is 5.56 Å². The molecule has 1 aliphatic heterocycles. The van der Waals surface area contributed by atoms with Gasteiger partial charge >= 0.3 is 0 Å². The maximum atomic E-state index is 5.94. The molecule has 1 unspecified atom stereocenters. The molecule has 3 heteroatoms. The molecule has 0 aromatic heterocycles. The maximum absolute atomic E-state index is 5.94. The molecule has 0 fully saturated rings.